The molecule has 4 rings (SSSR count). The van der Waals surface area contributed by atoms with Crippen LogP contribution in [0.4, 0.5) is 5.69 Å². The van der Waals surface area contributed by atoms with Crippen molar-refractivity contribution >= 4 is 27.6 Å². The summed E-state index contributed by atoms with van der Waals surface area (Å²) in [5, 5.41) is 2.72. The highest BCUT2D eigenvalue weighted by Gasteiger charge is 2.27. The summed E-state index contributed by atoms with van der Waals surface area (Å²) >= 11 is 0. The highest BCUT2D eigenvalue weighted by atomic mass is 32.2. The zero-order valence-corrected chi connectivity index (χ0v) is 20.0. The van der Waals surface area contributed by atoms with E-state index in [2.05, 4.69) is 10.3 Å². The van der Waals surface area contributed by atoms with Gasteiger partial charge in [-0.3, -0.25) is 9.78 Å². The fraction of sp³-hybridized carbons (Fsp3) is 0.240. The zero-order chi connectivity index (χ0) is 24.8. The number of carbonyl (C=O) groups excluding carboxylic acids is 2. The van der Waals surface area contributed by atoms with E-state index in [1.54, 1.807) is 42.5 Å². The minimum absolute atomic E-state index is 0.0594. The van der Waals surface area contributed by atoms with Gasteiger partial charge in [0, 0.05) is 19.3 Å². The van der Waals surface area contributed by atoms with Gasteiger partial charge in [0.1, 0.15) is 11.4 Å². The van der Waals surface area contributed by atoms with Crippen LogP contribution < -0.4 is 10.1 Å². The van der Waals surface area contributed by atoms with Gasteiger partial charge in [0.25, 0.3) is 5.91 Å². The predicted octanol–water partition coefficient (Wildman–Crippen LogP) is 4.09. The molecule has 0 bridgehead atoms. The number of hydrogen-bond donors (Lipinski definition) is 1. The first kappa shape index (κ1) is 24.4. The second-order valence-electron chi connectivity index (χ2n) is 7.91. The summed E-state index contributed by atoms with van der Waals surface area (Å²) in [5.41, 5.74) is 0.701. The van der Waals surface area contributed by atoms with Crippen molar-refractivity contribution in [1.82, 2.24) is 9.29 Å². The van der Waals surface area contributed by atoms with Crippen LogP contribution in [0, 0.1) is 0 Å². The van der Waals surface area contributed by atoms with E-state index in [9.17, 15) is 18.0 Å². The molecule has 9 nitrogen and oxygen atoms in total. The van der Waals surface area contributed by atoms with Crippen LogP contribution >= 0.6 is 0 Å². The summed E-state index contributed by atoms with van der Waals surface area (Å²) in [7, 11) is -2.44. The van der Waals surface area contributed by atoms with Crippen molar-refractivity contribution in [2.45, 2.75) is 24.2 Å². The molecular weight excluding hydrogens is 470 g/mol. The van der Waals surface area contributed by atoms with Crippen LogP contribution in [0.15, 0.2) is 71.8 Å². The number of esters is 1. The zero-order valence-electron chi connectivity index (χ0n) is 19.1. The molecule has 0 unspecified atom stereocenters. The second-order valence-corrected chi connectivity index (χ2v) is 9.85. The molecule has 0 radical (unpaired) electrons. The normalized spacial score (nSPS) is 14.2. The average molecular weight is 496 g/mol. The first-order valence-corrected chi connectivity index (χ1v) is 12.6. The molecule has 182 valence electrons. The van der Waals surface area contributed by atoms with E-state index in [1.807, 2.05) is 0 Å². The van der Waals surface area contributed by atoms with Gasteiger partial charge in [0.05, 0.1) is 23.3 Å². The maximum absolute atomic E-state index is 13.2. The highest BCUT2D eigenvalue weighted by molar-refractivity contribution is 7.89. The molecule has 2 aromatic carbocycles. The van der Waals surface area contributed by atoms with Gasteiger partial charge in [0.2, 0.25) is 10.0 Å². The third-order valence-electron chi connectivity index (χ3n) is 5.55. The number of benzene rings is 2. The SMILES string of the molecule is COC(=O)c1ccc(Oc2ccc(S(=O)(=O)N3CCCCC3)cc2NC(=O)c2ccccn2)cc1. The van der Waals surface area contributed by atoms with Gasteiger partial charge in [-0.25, -0.2) is 13.2 Å². The Hall–Kier alpha value is -3.76. The molecule has 35 heavy (non-hydrogen) atoms. The van der Waals surface area contributed by atoms with Gasteiger partial charge in [0.15, 0.2) is 5.75 Å². The molecule has 1 aliphatic rings. The Morgan fingerprint density at radius 3 is 2.37 bits per heavy atom. The molecular formula is C25H25N3O6S. The number of aromatic nitrogens is 1. The number of carbonyl (C=O) groups is 2. The molecule has 0 aliphatic carbocycles. The van der Waals surface area contributed by atoms with E-state index < -0.39 is 21.9 Å². The molecule has 1 saturated heterocycles. The number of pyridine rings is 1. The lowest BCUT2D eigenvalue weighted by atomic mass is 10.2. The number of nitrogens with one attached hydrogen (secondary N) is 1. The minimum Gasteiger partial charge on any atom is -0.465 e. The molecule has 0 saturated carbocycles. The molecule has 1 N–H and O–H groups in total. The minimum atomic E-state index is -3.73. The molecule has 0 atom stereocenters. The maximum Gasteiger partial charge on any atom is 0.337 e. The van der Waals surface area contributed by atoms with E-state index in [0.29, 0.717) is 24.4 Å². The third kappa shape index (κ3) is 5.67. The topological polar surface area (TPSA) is 115 Å². The van der Waals surface area contributed by atoms with Crippen molar-refractivity contribution in [3.05, 3.63) is 78.1 Å². The highest BCUT2D eigenvalue weighted by Crippen LogP contribution is 2.34. The van der Waals surface area contributed by atoms with Crippen molar-refractivity contribution in [2.24, 2.45) is 0 Å². The summed E-state index contributed by atoms with van der Waals surface area (Å²) in [6.07, 6.45) is 4.11. The molecule has 1 aliphatic heterocycles. The Morgan fingerprint density at radius 1 is 0.971 bits per heavy atom. The van der Waals surface area contributed by atoms with Gasteiger partial charge in [-0.15, -0.1) is 0 Å². The van der Waals surface area contributed by atoms with Crippen molar-refractivity contribution in [1.29, 1.82) is 0 Å². The van der Waals surface area contributed by atoms with Crippen LogP contribution in [0.3, 0.4) is 0 Å². The van der Waals surface area contributed by atoms with Crippen LogP contribution in [-0.4, -0.2) is 49.8 Å². The number of amides is 1. The van der Waals surface area contributed by atoms with Gasteiger partial charge in [-0.05, 0) is 67.4 Å². The fourth-order valence-corrected chi connectivity index (χ4v) is 5.24. The summed E-state index contributed by atoms with van der Waals surface area (Å²) in [5.74, 6) is -0.369. The van der Waals surface area contributed by atoms with Crippen LogP contribution in [0.2, 0.25) is 0 Å². The molecule has 0 spiro atoms. The lowest BCUT2D eigenvalue weighted by Gasteiger charge is -2.26. The van der Waals surface area contributed by atoms with Crippen LogP contribution in [0.5, 0.6) is 11.5 Å². The lowest BCUT2D eigenvalue weighted by Crippen LogP contribution is -2.35. The number of ether oxygens (including phenoxy) is 2. The molecule has 10 heteroatoms. The Labute approximate surface area is 203 Å². The Bertz CT molecular complexity index is 1300. The maximum atomic E-state index is 13.2. The molecule has 1 amide bonds. The predicted molar refractivity (Wildman–Crippen MR) is 129 cm³/mol. The fourth-order valence-electron chi connectivity index (χ4n) is 3.70. The van der Waals surface area contributed by atoms with E-state index in [4.69, 9.17) is 9.47 Å². The van der Waals surface area contributed by atoms with Crippen LogP contribution in [-0.2, 0) is 14.8 Å². The monoisotopic (exact) mass is 495 g/mol. The molecule has 1 aromatic heterocycles. The Morgan fingerprint density at radius 2 is 1.71 bits per heavy atom. The van der Waals surface area contributed by atoms with Crippen molar-refractivity contribution < 1.29 is 27.5 Å². The quantitative estimate of drug-likeness (QED) is 0.491. The van der Waals surface area contributed by atoms with E-state index in [0.717, 1.165) is 19.3 Å². The van der Waals surface area contributed by atoms with Crippen LogP contribution in [0.1, 0.15) is 40.1 Å². The largest absolute Gasteiger partial charge is 0.465 e. The first-order chi connectivity index (χ1) is 16.9. The number of nitrogens with zero attached hydrogens (tertiary/aromatic N) is 2. The first-order valence-electron chi connectivity index (χ1n) is 11.1. The van der Waals surface area contributed by atoms with Gasteiger partial charge in [-0.1, -0.05) is 12.5 Å². The van der Waals surface area contributed by atoms with Crippen molar-refractivity contribution in [2.75, 3.05) is 25.5 Å². The number of sulfonamides is 1. The van der Waals surface area contributed by atoms with Gasteiger partial charge < -0.3 is 14.8 Å². The van der Waals surface area contributed by atoms with E-state index >= 15 is 0 Å². The molecule has 2 heterocycles. The van der Waals surface area contributed by atoms with Crippen molar-refractivity contribution in [3.8, 4) is 11.5 Å². The van der Waals surface area contributed by atoms with Crippen LogP contribution in [0.25, 0.3) is 0 Å². The number of methoxy groups -OCH3 is 1. The summed E-state index contributed by atoms with van der Waals surface area (Å²) in [6.45, 7) is 0.922. The number of hydrogen-bond acceptors (Lipinski definition) is 7. The Balaban J connectivity index is 1.66. The average Bonchev–Trinajstić information content (AvgIpc) is 2.90. The summed E-state index contributed by atoms with van der Waals surface area (Å²) in [6, 6.07) is 15.5. The molecule has 1 fully saturated rings. The van der Waals surface area contributed by atoms with Gasteiger partial charge >= 0.3 is 5.97 Å². The van der Waals surface area contributed by atoms with E-state index in [1.165, 1.54) is 35.8 Å². The lowest BCUT2D eigenvalue weighted by molar-refractivity contribution is 0.0600. The third-order valence-corrected chi connectivity index (χ3v) is 7.45. The number of piperidine rings is 1. The Kier molecular flexibility index (Phi) is 7.42. The van der Waals surface area contributed by atoms with Crippen molar-refractivity contribution in [3.63, 3.8) is 0 Å². The molecule has 3 aromatic rings. The number of anilines is 1. The number of rotatable bonds is 7. The smallest absolute Gasteiger partial charge is 0.337 e. The van der Waals surface area contributed by atoms with E-state index in [-0.39, 0.29) is 22.0 Å². The van der Waals surface area contributed by atoms with Gasteiger partial charge in [-0.2, -0.15) is 4.31 Å². The second kappa shape index (κ2) is 10.7. The summed E-state index contributed by atoms with van der Waals surface area (Å²) in [4.78, 5) is 28.6. The standard InChI is InChI=1S/C25H25N3O6S/c1-33-25(30)18-8-10-19(11-9-18)34-23-13-12-20(35(31,32)28-15-5-2-6-16-28)17-22(23)27-24(29)21-7-3-4-14-26-21/h3-4,7-14,17H,2,5-6,15-16H2,1H3,(H,27,29). The summed E-state index contributed by atoms with van der Waals surface area (Å²) < 4.78 is 38.5.